The van der Waals surface area contributed by atoms with E-state index in [1.165, 1.54) is 5.56 Å². The number of rotatable bonds is 4. The largest absolute Gasteiger partial charge is 0.496 e. The van der Waals surface area contributed by atoms with Crippen LogP contribution < -0.4 is 4.74 Å². The summed E-state index contributed by atoms with van der Waals surface area (Å²) in [6.07, 6.45) is 3.89. The van der Waals surface area contributed by atoms with Gasteiger partial charge in [0.25, 0.3) is 0 Å². The number of hydrogen-bond donors (Lipinski definition) is 1. The van der Waals surface area contributed by atoms with Gasteiger partial charge in [0.1, 0.15) is 11.8 Å². The fraction of sp³-hybridized carbons (Fsp3) is 0.588. The van der Waals surface area contributed by atoms with Gasteiger partial charge in [0.05, 0.1) is 7.11 Å². The van der Waals surface area contributed by atoms with Gasteiger partial charge >= 0.3 is 5.97 Å². The van der Waals surface area contributed by atoms with Gasteiger partial charge in [0.15, 0.2) is 0 Å². The summed E-state index contributed by atoms with van der Waals surface area (Å²) in [5.74, 6) is 0.122. The highest BCUT2D eigenvalue weighted by molar-refractivity contribution is 5.73. The first-order chi connectivity index (χ1) is 10.0. The van der Waals surface area contributed by atoms with Gasteiger partial charge in [-0.25, -0.2) is 0 Å². The summed E-state index contributed by atoms with van der Waals surface area (Å²) in [5, 5.41) is 9.54. The molecule has 21 heavy (non-hydrogen) atoms. The Kier molecular flexibility index (Phi) is 5.23. The monoisotopic (exact) mass is 291 g/mol. The highest BCUT2D eigenvalue weighted by Gasteiger charge is 2.32. The molecule has 4 heteroatoms. The van der Waals surface area contributed by atoms with Crippen molar-refractivity contribution in [3.63, 3.8) is 0 Å². The zero-order chi connectivity index (χ0) is 15.4. The lowest BCUT2D eigenvalue weighted by Crippen LogP contribution is -2.42. The van der Waals surface area contributed by atoms with Crippen molar-refractivity contribution < 1.29 is 14.6 Å². The fourth-order valence-corrected chi connectivity index (χ4v) is 3.22. The summed E-state index contributed by atoms with van der Waals surface area (Å²) < 4.78 is 5.47. The van der Waals surface area contributed by atoms with Crippen LogP contribution in [0.2, 0.25) is 0 Å². The zero-order valence-electron chi connectivity index (χ0n) is 13.1. The van der Waals surface area contributed by atoms with Crippen LogP contribution >= 0.6 is 0 Å². The molecule has 1 aliphatic heterocycles. The lowest BCUT2D eigenvalue weighted by molar-refractivity contribution is -0.144. The molecule has 1 heterocycles. The molecule has 0 radical (unpaired) electrons. The number of ether oxygens (including phenoxy) is 1. The van der Waals surface area contributed by atoms with Crippen molar-refractivity contribution in [1.82, 2.24) is 4.90 Å². The molecule has 1 N–H and O–H groups in total. The lowest BCUT2D eigenvalue weighted by atomic mass is 10.0. The Hall–Kier alpha value is -1.55. The van der Waals surface area contributed by atoms with Gasteiger partial charge in [0.2, 0.25) is 0 Å². The van der Waals surface area contributed by atoms with Gasteiger partial charge in [0, 0.05) is 11.6 Å². The van der Waals surface area contributed by atoms with Crippen LogP contribution in [0.5, 0.6) is 5.75 Å². The number of carboxylic acid groups (broad SMARTS) is 1. The highest BCUT2D eigenvalue weighted by atomic mass is 16.5. The molecule has 1 aliphatic rings. The molecule has 1 aromatic rings. The Balaban J connectivity index is 2.33. The Labute approximate surface area is 126 Å². The molecule has 0 bridgehead atoms. The second kappa shape index (κ2) is 6.94. The standard InChI is InChI=1S/C17H25NO3/c1-12-8-9-16(21-3)14(11-12)13(2)18-10-6-4-5-7-15(18)17(19)20/h8-9,11,13,15H,4-7,10H2,1-3H3,(H,19,20). The minimum Gasteiger partial charge on any atom is -0.496 e. The quantitative estimate of drug-likeness (QED) is 0.923. The van der Waals surface area contributed by atoms with Gasteiger partial charge in [-0.2, -0.15) is 0 Å². The first-order valence-corrected chi connectivity index (χ1v) is 7.67. The number of carbonyl (C=O) groups is 1. The van der Waals surface area contributed by atoms with Crippen LogP contribution in [0, 0.1) is 6.92 Å². The molecule has 0 spiro atoms. The van der Waals surface area contributed by atoms with Crippen LogP contribution in [-0.2, 0) is 4.79 Å². The van der Waals surface area contributed by atoms with Gasteiger partial charge in [-0.05, 0) is 39.3 Å². The molecule has 0 aromatic heterocycles. The van der Waals surface area contributed by atoms with E-state index in [1.807, 2.05) is 19.1 Å². The van der Waals surface area contributed by atoms with Crippen molar-refractivity contribution in [1.29, 1.82) is 0 Å². The van der Waals surface area contributed by atoms with Crippen LogP contribution in [-0.4, -0.2) is 35.7 Å². The SMILES string of the molecule is COc1ccc(C)cc1C(C)N1CCCCCC1C(=O)O. The van der Waals surface area contributed by atoms with Crippen molar-refractivity contribution in [3.8, 4) is 5.75 Å². The van der Waals surface area contributed by atoms with Crippen molar-refractivity contribution in [2.45, 2.75) is 51.6 Å². The third-order valence-corrected chi connectivity index (χ3v) is 4.41. The maximum atomic E-state index is 11.6. The molecule has 2 atom stereocenters. The molecule has 2 rings (SSSR count). The minimum atomic E-state index is -0.713. The normalized spacial score (nSPS) is 21.6. The van der Waals surface area contributed by atoms with E-state index in [1.54, 1.807) is 7.11 Å². The number of aryl methyl sites for hydroxylation is 1. The molecule has 2 unspecified atom stereocenters. The molecular formula is C17H25NO3. The van der Waals surface area contributed by atoms with Crippen LogP contribution in [0.4, 0.5) is 0 Å². The van der Waals surface area contributed by atoms with E-state index in [2.05, 4.69) is 17.9 Å². The van der Waals surface area contributed by atoms with Gasteiger partial charge in [-0.3, -0.25) is 9.69 Å². The molecule has 1 saturated heterocycles. The fourth-order valence-electron chi connectivity index (χ4n) is 3.22. The second-order valence-corrected chi connectivity index (χ2v) is 5.86. The van der Waals surface area contributed by atoms with Crippen LogP contribution in [0.1, 0.15) is 49.8 Å². The molecule has 0 amide bonds. The van der Waals surface area contributed by atoms with Crippen LogP contribution in [0.3, 0.4) is 0 Å². The Morgan fingerprint density at radius 2 is 2.14 bits per heavy atom. The van der Waals surface area contributed by atoms with E-state index in [9.17, 15) is 9.90 Å². The Bertz CT molecular complexity index is 501. The smallest absolute Gasteiger partial charge is 0.320 e. The van der Waals surface area contributed by atoms with E-state index in [-0.39, 0.29) is 6.04 Å². The van der Waals surface area contributed by atoms with E-state index in [0.29, 0.717) is 0 Å². The van der Waals surface area contributed by atoms with Gasteiger partial charge in [-0.1, -0.05) is 30.5 Å². The Morgan fingerprint density at radius 1 is 1.38 bits per heavy atom. The number of hydrogen-bond acceptors (Lipinski definition) is 3. The predicted octanol–water partition coefficient (Wildman–Crippen LogP) is 3.39. The third-order valence-electron chi connectivity index (χ3n) is 4.41. The molecule has 116 valence electrons. The lowest BCUT2D eigenvalue weighted by Gasteiger charge is -2.33. The van der Waals surface area contributed by atoms with Crippen molar-refractivity contribution in [2.24, 2.45) is 0 Å². The molecule has 1 aromatic carbocycles. The Morgan fingerprint density at radius 3 is 2.81 bits per heavy atom. The van der Waals surface area contributed by atoms with E-state index in [4.69, 9.17) is 4.74 Å². The number of likely N-dealkylation sites (tertiary alicyclic amines) is 1. The summed E-state index contributed by atoms with van der Waals surface area (Å²) in [4.78, 5) is 13.7. The number of aliphatic carboxylic acids is 1. The van der Waals surface area contributed by atoms with Gasteiger partial charge in [-0.15, -0.1) is 0 Å². The summed E-state index contributed by atoms with van der Waals surface area (Å²) in [6.45, 7) is 4.96. The van der Waals surface area contributed by atoms with Crippen molar-refractivity contribution in [2.75, 3.05) is 13.7 Å². The first-order valence-electron chi connectivity index (χ1n) is 7.67. The molecule has 0 saturated carbocycles. The van der Waals surface area contributed by atoms with E-state index < -0.39 is 12.0 Å². The molecular weight excluding hydrogens is 266 g/mol. The molecule has 4 nitrogen and oxygen atoms in total. The maximum absolute atomic E-state index is 11.6. The zero-order valence-corrected chi connectivity index (χ0v) is 13.1. The number of carboxylic acids is 1. The van der Waals surface area contributed by atoms with E-state index in [0.717, 1.165) is 43.5 Å². The summed E-state index contributed by atoms with van der Waals surface area (Å²) in [7, 11) is 1.66. The number of benzene rings is 1. The minimum absolute atomic E-state index is 0.0408. The molecule has 1 fully saturated rings. The van der Waals surface area contributed by atoms with Crippen molar-refractivity contribution >= 4 is 5.97 Å². The average molecular weight is 291 g/mol. The summed E-state index contributed by atoms with van der Waals surface area (Å²) in [6, 6.07) is 5.74. The predicted molar refractivity (Wildman–Crippen MR) is 82.7 cm³/mol. The summed E-state index contributed by atoms with van der Waals surface area (Å²) >= 11 is 0. The van der Waals surface area contributed by atoms with Crippen LogP contribution in [0.25, 0.3) is 0 Å². The van der Waals surface area contributed by atoms with Gasteiger partial charge < -0.3 is 9.84 Å². The number of methoxy groups -OCH3 is 1. The number of nitrogens with zero attached hydrogens (tertiary/aromatic N) is 1. The van der Waals surface area contributed by atoms with Crippen molar-refractivity contribution in [3.05, 3.63) is 29.3 Å². The average Bonchev–Trinajstić information content (AvgIpc) is 2.72. The maximum Gasteiger partial charge on any atom is 0.320 e. The molecule has 0 aliphatic carbocycles. The second-order valence-electron chi connectivity index (χ2n) is 5.86. The van der Waals surface area contributed by atoms with E-state index >= 15 is 0 Å². The first kappa shape index (κ1) is 15.8. The summed E-state index contributed by atoms with van der Waals surface area (Å²) in [5.41, 5.74) is 2.24. The topological polar surface area (TPSA) is 49.8 Å². The van der Waals surface area contributed by atoms with Crippen LogP contribution in [0.15, 0.2) is 18.2 Å². The third kappa shape index (κ3) is 3.56. The highest BCUT2D eigenvalue weighted by Crippen LogP contribution is 2.33.